The van der Waals surface area contributed by atoms with Crippen molar-refractivity contribution in [3.05, 3.63) is 70.6 Å². The van der Waals surface area contributed by atoms with E-state index < -0.39 is 0 Å². The van der Waals surface area contributed by atoms with E-state index in [1.165, 1.54) is 32.9 Å². The van der Waals surface area contributed by atoms with Gasteiger partial charge in [0.25, 0.3) is 5.91 Å². The van der Waals surface area contributed by atoms with Gasteiger partial charge in [0.15, 0.2) is 0 Å². The molecule has 1 aliphatic rings. The topological polar surface area (TPSA) is 49.3 Å². The Morgan fingerprint density at radius 1 is 1.00 bits per heavy atom. The third-order valence-electron chi connectivity index (χ3n) is 4.06. The van der Waals surface area contributed by atoms with Gasteiger partial charge in [-0.2, -0.15) is 0 Å². The third-order valence-corrected chi connectivity index (χ3v) is 5.27. The molecule has 3 aromatic rings. The number of phenolic OH excluding ortho intramolecular Hbond substituents is 1. The van der Waals surface area contributed by atoms with Gasteiger partial charge in [-0.05, 0) is 47.7 Å². The third kappa shape index (κ3) is 2.62. The number of phenols is 1. The van der Waals surface area contributed by atoms with E-state index in [1.807, 2.05) is 12.1 Å². The van der Waals surface area contributed by atoms with Crippen LogP contribution in [0.25, 0.3) is 10.4 Å². The molecule has 0 saturated carbocycles. The number of carbonyl (C=O) groups excluding carboxylic acids is 1. The molecule has 0 unspecified atom stereocenters. The van der Waals surface area contributed by atoms with E-state index in [9.17, 15) is 9.90 Å². The summed E-state index contributed by atoms with van der Waals surface area (Å²) in [4.78, 5) is 14.4. The summed E-state index contributed by atoms with van der Waals surface area (Å²) in [6.45, 7) is 0. The molecular weight excluding hydrogens is 306 g/mol. The van der Waals surface area contributed by atoms with Crippen molar-refractivity contribution in [2.24, 2.45) is 0 Å². The highest BCUT2D eigenvalue weighted by molar-refractivity contribution is 7.17. The molecule has 114 valence electrons. The number of hydrogen-bond donors (Lipinski definition) is 2. The van der Waals surface area contributed by atoms with Crippen LogP contribution in [-0.2, 0) is 12.8 Å². The lowest BCUT2D eigenvalue weighted by Gasteiger charge is -2.15. The van der Waals surface area contributed by atoms with Gasteiger partial charge in [-0.25, -0.2) is 0 Å². The van der Waals surface area contributed by atoms with E-state index in [0.717, 1.165) is 12.8 Å². The highest BCUT2D eigenvalue weighted by Crippen LogP contribution is 2.39. The number of benzene rings is 2. The summed E-state index contributed by atoms with van der Waals surface area (Å²) in [7, 11) is 0. The number of fused-ring (bicyclic) bond motifs is 3. The van der Waals surface area contributed by atoms with Gasteiger partial charge in [-0.15, -0.1) is 11.3 Å². The lowest BCUT2D eigenvalue weighted by Crippen LogP contribution is -2.09. The molecule has 1 amide bonds. The van der Waals surface area contributed by atoms with Crippen molar-refractivity contribution in [2.45, 2.75) is 12.8 Å². The molecule has 0 aliphatic heterocycles. The zero-order chi connectivity index (χ0) is 15.8. The summed E-state index contributed by atoms with van der Waals surface area (Å²) in [6, 6.07) is 17.0. The predicted octanol–water partition coefficient (Wildman–Crippen LogP) is 4.47. The number of aryl methyl sites for hydroxylation is 2. The SMILES string of the molecule is O=C(Nc1cccc(O)c1)c1cc2c(s1)-c1ccccc1CC2. The second-order valence-corrected chi connectivity index (χ2v) is 6.68. The first kappa shape index (κ1) is 14.0. The van der Waals surface area contributed by atoms with Crippen LogP contribution in [0.1, 0.15) is 20.8 Å². The molecular formula is C19H15NO2S. The van der Waals surface area contributed by atoms with Crippen molar-refractivity contribution in [1.29, 1.82) is 0 Å². The maximum absolute atomic E-state index is 12.5. The van der Waals surface area contributed by atoms with Crippen molar-refractivity contribution in [2.75, 3.05) is 5.32 Å². The van der Waals surface area contributed by atoms with Crippen LogP contribution in [0.4, 0.5) is 5.69 Å². The van der Waals surface area contributed by atoms with Crippen LogP contribution >= 0.6 is 11.3 Å². The van der Waals surface area contributed by atoms with Gasteiger partial charge < -0.3 is 10.4 Å². The minimum absolute atomic E-state index is 0.132. The number of aromatic hydroxyl groups is 1. The standard InChI is InChI=1S/C19H15NO2S/c21-15-6-3-5-14(11-15)20-19(22)17-10-13-9-8-12-4-1-2-7-16(12)18(13)23-17/h1-7,10-11,21H,8-9H2,(H,20,22). The lowest BCUT2D eigenvalue weighted by atomic mass is 9.91. The molecule has 23 heavy (non-hydrogen) atoms. The van der Waals surface area contributed by atoms with Crippen LogP contribution in [0.15, 0.2) is 54.6 Å². The molecule has 1 heterocycles. The maximum Gasteiger partial charge on any atom is 0.265 e. The number of rotatable bonds is 2. The van der Waals surface area contributed by atoms with E-state index in [2.05, 4.69) is 23.5 Å². The number of carbonyl (C=O) groups is 1. The first-order valence-corrected chi connectivity index (χ1v) is 8.34. The smallest absolute Gasteiger partial charge is 0.265 e. The molecule has 4 rings (SSSR count). The Bertz CT molecular complexity index is 898. The predicted molar refractivity (Wildman–Crippen MR) is 93.2 cm³/mol. The molecule has 0 atom stereocenters. The average molecular weight is 321 g/mol. The fraction of sp³-hybridized carbons (Fsp3) is 0.105. The van der Waals surface area contributed by atoms with Gasteiger partial charge in [0, 0.05) is 16.6 Å². The minimum Gasteiger partial charge on any atom is -0.508 e. The Morgan fingerprint density at radius 3 is 2.70 bits per heavy atom. The van der Waals surface area contributed by atoms with Crippen molar-refractivity contribution in [3.8, 4) is 16.2 Å². The summed E-state index contributed by atoms with van der Waals surface area (Å²) in [5.74, 6) is 0.00897. The molecule has 0 saturated heterocycles. The molecule has 4 heteroatoms. The van der Waals surface area contributed by atoms with Crippen molar-refractivity contribution >= 4 is 22.9 Å². The normalized spacial score (nSPS) is 12.3. The van der Waals surface area contributed by atoms with Gasteiger partial charge >= 0.3 is 0 Å². The van der Waals surface area contributed by atoms with Crippen LogP contribution in [0.5, 0.6) is 5.75 Å². The van der Waals surface area contributed by atoms with Crippen molar-refractivity contribution in [3.63, 3.8) is 0 Å². The molecule has 0 radical (unpaired) electrons. The molecule has 2 N–H and O–H groups in total. The molecule has 0 fully saturated rings. The number of nitrogens with one attached hydrogen (secondary N) is 1. The lowest BCUT2D eigenvalue weighted by molar-refractivity contribution is 0.103. The summed E-state index contributed by atoms with van der Waals surface area (Å²) >= 11 is 1.54. The van der Waals surface area contributed by atoms with E-state index in [1.54, 1.807) is 24.3 Å². The molecule has 2 aromatic carbocycles. The molecule has 0 bridgehead atoms. The monoisotopic (exact) mass is 321 g/mol. The van der Waals surface area contributed by atoms with Crippen LogP contribution in [-0.4, -0.2) is 11.0 Å². The van der Waals surface area contributed by atoms with Crippen LogP contribution in [0.3, 0.4) is 0 Å². The van der Waals surface area contributed by atoms with Gasteiger partial charge in [-0.3, -0.25) is 4.79 Å². The Morgan fingerprint density at radius 2 is 1.83 bits per heavy atom. The highest BCUT2D eigenvalue weighted by atomic mass is 32.1. The quantitative estimate of drug-likeness (QED) is 0.731. The molecule has 1 aromatic heterocycles. The van der Waals surface area contributed by atoms with Crippen molar-refractivity contribution in [1.82, 2.24) is 0 Å². The molecule has 3 nitrogen and oxygen atoms in total. The molecule has 1 aliphatic carbocycles. The zero-order valence-corrected chi connectivity index (χ0v) is 13.2. The number of thiophene rings is 1. The Kier molecular flexibility index (Phi) is 3.39. The van der Waals surface area contributed by atoms with E-state index in [4.69, 9.17) is 0 Å². The fourth-order valence-corrected chi connectivity index (χ4v) is 4.13. The first-order valence-electron chi connectivity index (χ1n) is 7.52. The maximum atomic E-state index is 12.5. The van der Waals surface area contributed by atoms with Gasteiger partial charge in [0.2, 0.25) is 0 Å². The van der Waals surface area contributed by atoms with Crippen LogP contribution < -0.4 is 5.32 Å². The average Bonchev–Trinajstić information content (AvgIpc) is 3.00. The van der Waals surface area contributed by atoms with E-state index >= 15 is 0 Å². The summed E-state index contributed by atoms with van der Waals surface area (Å²) in [5, 5.41) is 12.3. The number of anilines is 1. The van der Waals surface area contributed by atoms with Gasteiger partial charge in [0.1, 0.15) is 5.75 Å². The summed E-state index contributed by atoms with van der Waals surface area (Å²) < 4.78 is 0. The largest absolute Gasteiger partial charge is 0.508 e. The van der Waals surface area contributed by atoms with Gasteiger partial charge in [0.05, 0.1) is 4.88 Å². The summed E-state index contributed by atoms with van der Waals surface area (Å²) in [6.07, 6.45) is 2.00. The second kappa shape index (κ2) is 5.56. The number of hydrogen-bond acceptors (Lipinski definition) is 3. The first-order chi connectivity index (χ1) is 11.2. The summed E-state index contributed by atoms with van der Waals surface area (Å²) in [5.41, 5.74) is 4.44. The van der Waals surface area contributed by atoms with Crippen molar-refractivity contribution < 1.29 is 9.90 Å². The van der Waals surface area contributed by atoms with Gasteiger partial charge in [-0.1, -0.05) is 30.3 Å². The fourth-order valence-electron chi connectivity index (χ4n) is 2.96. The zero-order valence-electron chi connectivity index (χ0n) is 12.4. The Labute approximate surface area is 138 Å². The van der Waals surface area contributed by atoms with E-state index in [0.29, 0.717) is 10.6 Å². The van der Waals surface area contributed by atoms with Crippen LogP contribution in [0, 0.1) is 0 Å². The Hall–Kier alpha value is -2.59. The highest BCUT2D eigenvalue weighted by Gasteiger charge is 2.21. The van der Waals surface area contributed by atoms with E-state index in [-0.39, 0.29) is 11.7 Å². The minimum atomic E-state index is -0.132. The van der Waals surface area contributed by atoms with Crippen LogP contribution in [0.2, 0.25) is 0 Å². The Balaban J connectivity index is 1.65. The number of amides is 1. The molecule has 0 spiro atoms. The second-order valence-electron chi connectivity index (χ2n) is 5.63.